The SMILES string of the molecule is C/C=C/[C@@H](CC)[C@@H]1C(=O)O[C@H]([C@@H](C)I)[C@H]1C. The summed E-state index contributed by atoms with van der Waals surface area (Å²) in [6, 6.07) is 0. The zero-order valence-corrected chi connectivity index (χ0v) is 12.6. The van der Waals surface area contributed by atoms with Crippen molar-refractivity contribution in [3.63, 3.8) is 0 Å². The molecule has 5 atom stereocenters. The number of hydrogen-bond acceptors (Lipinski definition) is 2. The molecule has 1 heterocycles. The highest BCUT2D eigenvalue weighted by molar-refractivity contribution is 14.1. The molecule has 1 aliphatic rings. The molecule has 1 saturated heterocycles. The number of carbonyl (C=O) groups is 1. The molecule has 0 spiro atoms. The van der Waals surface area contributed by atoms with Crippen molar-refractivity contribution in [1.29, 1.82) is 0 Å². The molecule has 0 bridgehead atoms. The first kappa shape index (κ1) is 14.0. The van der Waals surface area contributed by atoms with Crippen molar-refractivity contribution in [3.05, 3.63) is 12.2 Å². The molecule has 1 aliphatic heterocycles. The van der Waals surface area contributed by atoms with E-state index in [4.69, 9.17) is 4.74 Å². The maximum absolute atomic E-state index is 11.9. The molecule has 0 N–H and O–H groups in total. The second-order valence-corrected chi connectivity index (χ2v) is 6.53. The Hall–Kier alpha value is -0.0600. The smallest absolute Gasteiger partial charge is 0.310 e. The van der Waals surface area contributed by atoms with Gasteiger partial charge in [-0.1, -0.05) is 48.6 Å². The van der Waals surface area contributed by atoms with Crippen LogP contribution in [0.25, 0.3) is 0 Å². The van der Waals surface area contributed by atoms with Crippen molar-refractivity contribution >= 4 is 28.6 Å². The van der Waals surface area contributed by atoms with Crippen molar-refractivity contribution < 1.29 is 9.53 Å². The van der Waals surface area contributed by atoms with Gasteiger partial charge in [0.1, 0.15) is 6.10 Å². The van der Waals surface area contributed by atoms with Gasteiger partial charge in [-0.25, -0.2) is 0 Å². The second kappa shape index (κ2) is 6.03. The van der Waals surface area contributed by atoms with Crippen molar-refractivity contribution in [1.82, 2.24) is 0 Å². The number of ether oxygens (including phenoxy) is 1. The molecule has 0 aliphatic carbocycles. The van der Waals surface area contributed by atoms with Gasteiger partial charge in [-0.2, -0.15) is 0 Å². The topological polar surface area (TPSA) is 26.3 Å². The van der Waals surface area contributed by atoms with Gasteiger partial charge in [0.2, 0.25) is 0 Å². The van der Waals surface area contributed by atoms with Crippen LogP contribution < -0.4 is 0 Å². The molecule has 0 aromatic rings. The number of alkyl halides is 1. The molecule has 0 aromatic heterocycles. The van der Waals surface area contributed by atoms with E-state index in [1.165, 1.54) is 0 Å². The van der Waals surface area contributed by atoms with Crippen LogP contribution in [0.4, 0.5) is 0 Å². The van der Waals surface area contributed by atoms with Gasteiger partial charge in [0, 0.05) is 9.84 Å². The summed E-state index contributed by atoms with van der Waals surface area (Å²) in [4.78, 5) is 11.9. The van der Waals surface area contributed by atoms with Gasteiger partial charge < -0.3 is 4.74 Å². The van der Waals surface area contributed by atoms with Gasteiger partial charge >= 0.3 is 5.97 Å². The lowest BCUT2D eigenvalue weighted by atomic mass is 9.80. The van der Waals surface area contributed by atoms with Crippen LogP contribution in [0, 0.1) is 17.8 Å². The molecule has 16 heavy (non-hydrogen) atoms. The van der Waals surface area contributed by atoms with E-state index in [1.54, 1.807) is 0 Å². The minimum absolute atomic E-state index is 0.00836. The summed E-state index contributed by atoms with van der Waals surface area (Å²) >= 11 is 2.34. The van der Waals surface area contributed by atoms with Crippen molar-refractivity contribution in [2.24, 2.45) is 17.8 Å². The largest absolute Gasteiger partial charge is 0.461 e. The molecule has 0 aromatic carbocycles. The maximum Gasteiger partial charge on any atom is 0.310 e. The van der Waals surface area contributed by atoms with Crippen LogP contribution in [0.3, 0.4) is 0 Å². The van der Waals surface area contributed by atoms with Crippen LogP contribution in [0.2, 0.25) is 0 Å². The number of cyclic esters (lactones) is 1. The average Bonchev–Trinajstić information content (AvgIpc) is 2.52. The fourth-order valence-corrected chi connectivity index (χ4v) is 3.37. The third kappa shape index (κ3) is 2.79. The highest BCUT2D eigenvalue weighted by atomic mass is 127. The van der Waals surface area contributed by atoms with Crippen molar-refractivity contribution in [2.45, 2.75) is 44.1 Å². The summed E-state index contributed by atoms with van der Waals surface area (Å²) in [5.41, 5.74) is 0. The summed E-state index contributed by atoms with van der Waals surface area (Å²) in [5, 5.41) is 0. The number of esters is 1. The Kier molecular flexibility index (Phi) is 5.28. The lowest BCUT2D eigenvalue weighted by Gasteiger charge is -2.22. The molecule has 1 fully saturated rings. The Bertz CT molecular complexity index is 273. The summed E-state index contributed by atoms with van der Waals surface area (Å²) in [6.45, 7) is 8.38. The Morgan fingerprint density at radius 1 is 1.56 bits per heavy atom. The summed E-state index contributed by atoms with van der Waals surface area (Å²) in [7, 11) is 0. The predicted molar refractivity (Wildman–Crippen MR) is 74.6 cm³/mol. The first-order chi connectivity index (χ1) is 7.52. The van der Waals surface area contributed by atoms with E-state index < -0.39 is 0 Å². The number of rotatable bonds is 4. The lowest BCUT2D eigenvalue weighted by Crippen LogP contribution is -2.27. The number of hydrogen-bond donors (Lipinski definition) is 0. The first-order valence-electron chi connectivity index (χ1n) is 6.00. The molecule has 0 unspecified atom stereocenters. The summed E-state index contributed by atoms with van der Waals surface area (Å²) in [6.07, 6.45) is 5.26. The first-order valence-corrected chi connectivity index (χ1v) is 7.24. The highest BCUT2D eigenvalue weighted by Gasteiger charge is 2.45. The molecule has 3 heteroatoms. The third-order valence-electron chi connectivity index (χ3n) is 3.43. The van der Waals surface area contributed by atoms with Gasteiger partial charge in [-0.3, -0.25) is 4.79 Å². The zero-order valence-electron chi connectivity index (χ0n) is 10.4. The van der Waals surface area contributed by atoms with E-state index in [0.717, 1.165) is 6.42 Å². The molecular weight excluding hydrogens is 315 g/mol. The third-order valence-corrected chi connectivity index (χ3v) is 4.14. The van der Waals surface area contributed by atoms with Crippen LogP contribution in [-0.4, -0.2) is 16.0 Å². The number of halogens is 1. The fourth-order valence-electron chi connectivity index (χ4n) is 2.57. The monoisotopic (exact) mass is 336 g/mol. The highest BCUT2D eigenvalue weighted by Crippen LogP contribution is 2.38. The van der Waals surface area contributed by atoms with Crippen molar-refractivity contribution in [2.75, 3.05) is 0 Å². The van der Waals surface area contributed by atoms with Gasteiger partial charge in [0.25, 0.3) is 0 Å². The van der Waals surface area contributed by atoms with Crippen LogP contribution >= 0.6 is 22.6 Å². The van der Waals surface area contributed by atoms with Crippen LogP contribution in [-0.2, 0) is 9.53 Å². The molecule has 1 rings (SSSR count). The Balaban J connectivity index is 2.84. The summed E-state index contributed by atoms with van der Waals surface area (Å²) in [5.74, 6) is 0.683. The van der Waals surface area contributed by atoms with E-state index in [1.807, 2.05) is 13.0 Å². The van der Waals surface area contributed by atoms with Gasteiger partial charge in [0.15, 0.2) is 0 Å². The van der Waals surface area contributed by atoms with E-state index >= 15 is 0 Å². The zero-order chi connectivity index (χ0) is 12.3. The minimum Gasteiger partial charge on any atom is -0.461 e. The lowest BCUT2D eigenvalue weighted by molar-refractivity contribution is -0.144. The Labute approximate surface area is 112 Å². The summed E-state index contributed by atoms with van der Waals surface area (Å²) < 4.78 is 5.88. The van der Waals surface area contributed by atoms with E-state index in [0.29, 0.717) is 15.8 Å². The quantitative estimate of drug-likeness (QED) is 0.339. The van der Waals surface area contributed by atoms with E-state index in [9.17, 15) is 4.79 Å². The van der Waals surface area contributed by atoms with Crippen molar-refractivity contribution in [3.8, 4) is 0 Å². The van der Waals surface area contributed by atoms with E-state index in [-0.39, 0.29) is 18.0 Å². The Morgan fingerprint density at radius 3 is 2.56 bits per heavy atom. The average molecular weight is 336 g/mol. The van der Waals surface area contributed by atoms with Gasteiger partial charge in [0.05, 0.1) is 5.92 Å². The normalized spacial score (nSPS) is 34.1. The second-order valence-electron chi connectivity index (χ2n) is 4.56. The molecule has 92 valence electrons. The van der Waals surface area contributed by atoms with Gasteiger partial charge in [-0.05, 0) is 26.2 Å². The fraction of sp³-hybridized carbons (Fsp3) is 0.769. The minimum atomic E-state index is -0.00836. The molecule has 2 nitrogen and oxygen atoms in total. The number of carbonyl (C=O) groups excluding carboxylic acids is 1. The predicted octanol–water partition coefficient (Wildman–Crippen LogP) is 3.59. The van der Waals surface area contributed by atoms with Crippen LogP contribution in [0.15, 0.2) is 12.2 Å². The van der Waals surface area contributed by atoms with E-state index in [2.05, 4.69) is 49.4 Å². The molecule has 0 saturated carbocycles. The Morgan fingerprint density at radius 2 is 2.19 bits per heavy atom. The molecule has 0 radical (unpaired) electrons. The maximum atomic E-state index is 11.9. The molecule has 0 amide bonds. The van der Waals surface area contributed by atoms with Gasteiger partial charge in [-0.15, -0.1) is 0 Å². The number of allylic oxidation sites excluding steroid dienone is 2. The standard InChI is InChI=1S/C13H21IO2/c1-5-7-10(6-2)11-8(3)12(9(4)14)16-13(11)15/h5,7-12H,6H2,1-4H3/b7-5+/t8-,9+,10+,11+,12-/m0/s1. The van der Waals surface area contributed by atoms with Crippen LogP contribution in [0.1, 0.15) is 34.1 Å². The van der Waals surface area contributed by atoms with Crippen LogP contribution in [0.5, 0.6) is 0 Å². The molecular formula is C13H21IO2.